The van der Waals surface area contributed by atoms with E-state index in [1.807, 2.05) is 30.3 Å². The molecular formula is C16H20ClNO3. The number of aromatic hydroxyl groups is 1. The second kappa shape index (κ2) is 6.33. The molecule has 0 aromatic heterocycles. The van der Waals surface area contributed by atoms with E-state index in [0.29, 0.717) is 5.56 Å². The van der Waals surface area contributed by atoms with Crippen LogP contribution in [-0.4, -0.2) is 18.2 Å². The topological polar surface area (TPSA) is 72.5 Å². The first-order valence-electron chi connectivity index (χ1n) is 6.44. The second-order valence-corrected chi connectivity index (χ2v) is 5.41. The minimum atomic E-state index is -0.934. The normalized spacial score (nSPS) is 12.6. The van der Waals surface area contributed by atoms with Crippen molar-refractivity contribution in [2.24, 2.45) is 11.1 Å². The number of halogens is 1. The number of hydrogen-bond donors (Lipinski definition) is 2. The van der Waals surface area contributed by atoms with Gasteiger partial charge in [-0.2, -0.15) is 0 Å². The van der Waals surface area contributed by atoms with Crippen LogP contribution in [0.25, 0.3) is 10.8 Å². The predicted molar refractivity (Wildman–Crippen MR) is 85.6 cm³/mol. The summed E-state index contributed by atoms with van der Waals surface area (Å²) in [6.07, 6.45) is 0. The maximum atomic E-state index is 11.9. The van der Waals surface area contributed by atoms with Gasteiger partial charge in [-0.15, -0.1) is 12.4 Å². The Morgan fingerprint density at radius 3 is 2.48 bits per heavy atom. The molecule has 0 fully saturated rings. The molecule has 4 nitrogen and oxygen atoms in total. The average Bonchev–Trinajstić information content (AvgIpc) is 2.45. The van der Waals surface area contributed by atoms with Gasteiger partial charge in [0.2, 0.25) is 0 Å². The minimum absolute atomic E-state index is 0. The van der Waals surface area contributed by atoms with E-state index in [1.165, 1.54) is 7.11 Å². The quantitative estimate of drug-likeness (QED) is 0.854. The molecule has 0 aliphatic carbocycles. The number of benzene rings is 2. The Labute approximate surface area is 130 Å². The summed E-state index contributed by atoms with van der Waals surface area (Å²) >= 11 is 0. The van der Waals surface area contributed by atoms with E-state index in [-0.39, 0.29) is 18.2 Å². The molecule has 114 valence electrons. The van der Waals surface area contributed by atoms with Gasteiger partial charge in [0, 0.05) is 11.6 Å². The van der Waals surface area contributed by atoms with E-state index in [4.69, 9.17) is 10.5 Å². The van der Waals surface area contributed by atoms with Crippen LogP contribution in [0.15, 0.2) is 36.4 Å². The Hall–Kier alpha value is -1.78. The van der Waals surface area contributed by atoms with Crippen LogP contribution in [0.1, 0.15) is 25.5 Å². The van der Waals surface area contributed by atoms with Gasteiger partial charge in [-0.05, 0) is 30.7 Å². The fraction of sp³-hybridized carbons (Fsp3) is 0.312. The number of carbonyl (C=O) groups excluding carboxylic acids is 1. The van der Waals surface area contributed by atoms with Gasteiger partial charge in [-0.1, -0.05) is 30.3 Å². The molecule has 0 aliphatic rings. The number of carbonyl (C=O) groups is 1. The molecule has 0 unspecified atom stereocenters. The Morgan fingerprint density at radius 1 is 1.24 bits per heavy atom. The van der Waals surface area contributed by atoms with Crippen LogP contribution in [0, 0.1) is 5.41 Å². The van der Waals surface area contributed by atoms with Crippen molar-refractivity contribution in [2.75, 3.05) is 7.11 Å². The van der Waals surface area contributed by atoms with Crippen LogP contribution in [0.2, 0.25) is 0 Å². The highest BCUT2D eigenvalue weighted by Gasteiger charge is 2.38. The maximum absolute atomic E-state index is 11.9. The van der Waals surface area contributed by atoms with Crippen molar-refractivity contribution < 1.29 is 14.6 Å². The SMILES string of the molecule is COC(=O)C(C)(C)[C@H](N)c1c(O)ccc2ccccc12.Cl. The van der Waals surface area contributed by atoms with Crippen LogP contribution >= 0.6 is 12.4 Å². The number of fused-ring (bicyclic) bond motifs is 1. The highest BCUT2D eigenvalue weighted by molar-refractivity contribution is 5.89. The largest absolute Gasteiger partial charge is 0.508 e. The minimum Gasteiger partial charge on any atom is -0.508 e. The van der Waals surface area contributed by atoms with Gasteiger partial charge in [0.25, 0.3) is 0 Å². The Balaban J connectivity index is 0.00000220. The van der Waals surface area contributed by atoms with E-state index >= 15 is 0 Å². The summed E-state index contributed by atoms with van der Waals surface area (Å²) in [6, 6.07) is 10.4. The number of methoxy groups -OCH3 is 1. The van der Waals surface area contributed by atoms with Crippen molar-refractivity contribution in [3.8, 4) is 5.75 Å². The standard InChI is InChI=1S/C16H19NO3.ClH/c1-16(2,15(19)20-3)14(17)13-11-7-5-4-6-10(11)8-9-12(13)18;/h4-9,14,18H,17H2,1-3H3;1H/t14-;/m1./s1. The van der Waals surface area contributed by atoms with E-state index in [0.717, 1.165) is 10.8 Å². The van der Waals surface area contributed by atoms with Gasteiger partial charge in [-0.3, -0.25) is 4.79 Å². The summed E-state index contributed by atoms with van der Waals surface area (Å²) in [5, 5.41) is 12.0. The molecule has 0 amide bonds. The molecule has 2 rings (SSSR count). The monoisotopic (exact) mass is 309 g/mol. The predicted octanol–water partition coefficient (Wildman–Crippen LogP) is 3.17. The first kappa shape index (κ1) is 17.3. The molecule has 1 atom stereocenters. The van der Waals surface area contributed by atoms with E-state index in [1.54, 1.807) is 19.9 Å². The number of ether oxygens (including phenoxy) is 1. The van der Waals surface area contributed by atoms with Crippen LogP contribution < -0.4 is 5.73 Å². The van der Waals surface area contributed by atoms with Crippen molar-refractivity contribution in [2.45, 2.75) is 19.9 Å². The van der Waals surface area contributed by atoms with Gasteiger partial charge < -0.3 is 15.6 Å². The lowest BCUT2D eigenvalue weighted by Crippen LogP contribution is -2.37. The summed E-state index contributed by atoms with van der Waals surface area (Å²) in [4.78, 5) is 11.9. The zero-order chi connectivity index (χ0) is 14.9. The van der Waals surface area contributed by atoms with Crippen molar-refractivity contribution in [3.63, 3.8) is 0 Å². The number of rotatable bonds is 3. The van der Waals surface area contributed by atoms with Crippen molar-refractivity contribution >= 4 is 29.1 Å². The van der Waals surface area contributed by atoms with Gasteiger partial charge >= 0.3 is 5.97 Å². The first-order chi connectivity index (χ1) is 9.39. The first-order valence-corrected chi connectivity index (χ1v) is 6.44. The summed E-state index contributed by atoms with van der Waals surface area (Å²) < 4.78 is 4.81. The van der Waals surface area contributed by atoms with E-state index in [9.17, 15) is 9.90 Å². The molecule has 2 aromatic carbocycles. The Kier molecular flexibility index (Phi) is 5.20. The number of esters is 1. The Morgan fingerprint density at radius 2 is 1.86 bits per heavy atom. The molecule has 0 saturated carbocycles. The lowest BCUT2D eigenvalue weighted by molar-refractivity contribution is -0.152. The number of phenolic OH excluding ortho intramolecular Hbond substituents is 1. The third-order valence-corrected chi connectivity index (χ3v) is 3.75. The highest BCUT2D eigenvalue weighted by Crippen LogP contribution is 2.40. The van der Waals surface area contributed by atoms with Crippen molar-refractivity contribution in [3.05, 3.63) is 42.0 Å². The lowest BCUT2D eigenvalue weighted by atomic mass is 9.79. The van der Waals surface area contributed by atoms with E-state index in [2.05, 4.69) is 0 Å². The lowest BCUT2D eigenvalue weighted by Gasteiger charge is -2.30. The summed E-state index contributed by atoms with van der Waals surface area (Å²) in [6.45, 7) is 3.43. The summed E-state index contributed by atoms with van der Waals surface area (Å²) in [5.41, 5.74) is 5.89. The Bertz CT molecular complexity index is 655. The average molecular weight is 310 g/mol. The molecule has 0 saturated heterocycles. The molecule has 21 heavy (non-hydrogen) atoms. The molecule has 0 aliphatic heterocycles. The van der Waals surface area contributed by atoms with Gasteiger partial charge in [0.15, 0.2) is 0 Å². The van der Waals surface area contributed by atoms with Crippen LogP contribution in [0.5, 0.6) is 5.75 Å². The maximum Gasteiger partial charge on any atom is 0.313 e. The van der Waals surface area contributed by atoms with Gasteiger partial charge in [0.1, 0.15) is 5.75 Å². The highest BCUT2D eigenvalue weighted by atomic mass is 35.5. The third kappa shape index (κ3) is 2.96. The van der Waals surface area contributed by atoms with Crippen LogP contribution in [-0.2, 0) is 9.53 Å². The number of nitrogens with two attached hydrogens (primary N) is 1. The third-order valence-electron chi connectivity index (χ3n) is 3.75. The zero-order valence-electron chi connectivity index (χ0n) is 12.3. The molecular weight excluding hydrogens is 290 g/mol. The van der Waals surface area contributed by atoms with Gasteiger partial charge in [0.05, 0.1) is 12.5 Å². The fourth-order valence-electron chi connectivity index (χ4n) is 2.36. The van der Waals surface area contributed by atoms with Crippen molar-refractivity contribution in [1.82, 2.24) is 0 Å². The molecule has 0 bridgehead atoms. The zero-order valence-corrected chi connectivity index (χ0v) is 13.1. The van der Waals surface area contributed by atoms with Crippen LogP contribution in [0.3, 0.4) is 0 Å². The van der Waals surface area contributed by atoms with E-state index < -0.39 is 17.4 Å². The number of phenols is 1. The van der Waals surface area contributed by atoms with Crippen LogP contribution in [0.4, 0.5) is 0 Å². The molecule has 3 N–H and O–H groups in total. The van der Waals surface area contributed by atoms with Crippen molar-refractivity contribution in [1.29, 1.82) is 0 Å². The molecule has 0 radical (unpaired) electrons. The molecule has 0 spiro atoms. The summed E-state index contributed by atoms with van der Waals surface area (Å²) in [5.74, 6) is -0.314. The second-order valence-electron chi connectivity index (χ2n) is 5.41. The fourth-order valence-corrected chi connectivity index (χ4v) is 2.36. The smallest absolute Gasteiger partial charge is 0.313 e. The number of hydrogen-bond acceptors (Lipinski definition) is 4. The summed E-state index contributed by atoms with van der Waals surface area (Å²) in [7, 11) is 1.33. The van der Waals surface area contributed by atoms with Gasteiger partial charge in [-0.25, -0.2) is 0 Å². The molecule has 5 heteroatoms. The molecule has 0 heterocycles. The molecule has 2 aromatic rings.